The molecule has 0 spiro atoms. The van der Waals surface area contributed by atoms with Crippen LogP contribution in [0.2, 0.25) is 0 Å². The lowest BCUT2D eigenvalue weighted by Crippen LogP contribution is -1.78. The smallest absolute Gasteiger partial charge is 0.300 e. The van der Waals surface area contributed by atoms with Crippen LogP contribution in [0, 0.1) is 0 Å². The standard InChI is InChI=1S/C14H12.C2H4O2/c1-3-7-13(8-4-1)11-12-14-9-5-2-6-10-14;1-2(3)4/h1-12H;1H3,(H,3,4)/b12-11+;. The molecule has 18 heavy (non-hydrogen) atoms. The molecule has 0 aliphatic rings. The summed E-state index contributed by atoms with van der Waals surface area (Å²) < 4.78 is 0. The van der Waals surface area contributed by atoms with Crippen molar-refractivity contribution in [1.29, 1.82) is 0 Å². The van der Waals surface area contributed by atoms with Crippen molar-refractivity contribution in [3.8, 4) is 0 Å². The Labute approximate surface area is 107 Å². The van der Waals surface area contributed by atoms with E-state index in [9.17, 15) is 0 Å². The first-order valence-corrected chi connectivity index (χ1v) is 5.66. The van der Waals surface area contributed by atoms with E-state index in [2.05, 4.69) is 36.4 Å². The fourth-order valence-corrected chi connectivity index (χ4v) is 1.32. The maximum absolute atomic E-state index is 9.00. The molecular weight excluding hydrogens is 224 g/mol. The Kier molecular flexibility index (Phi) is 5.98. The molecule has 0 radical (unpaired) electrons. The molecule has 0 amide bonds. The normalized spacial score (nSPS) is 9.61. The average molecular weight is 240 g/mol. The first-order valence-electron chi connectivity index (χ1n) is 5.66. The quantitative estimate of drug-likeness (QED) is 0.807. The van der Waals surface area contributed by atoms with Gasteiger partial charge in [0.15, 0.2) is 0 Å². The van der Waals surface area contributed by atoms with Crippen molar-refractivity contribution < 1.29 is 9.90 Å². The van der Waals surface area contributed by atoms with Crippen LogP contribution in [0.4, 0.5) is 0 Å². The van der Waals surface area contributed by atoms with E-state index in [1.165, 1.54) is 11.1 Å². The van der Waals surface area contributed by atoms with Gasteiger partial charge in [0.05, 0.1) is 0 Å². The van der Waals surface area contributed by atoms with Crippen LogP contribution in [0.5, 0.6) is 0 Å². The molecule has 0 aromatic heterocycles. The van der Waals surface area contributed by atoms with Crippen LogP contribution in [0.15, 0.2) is 60.7 Å². The van der Waals surface area contributed by atoms with Crippen LogP contribution < -0.4 is 0 Å². The lowest BCUT2D eigenvalue weighted by molar-refractivity contribution is -0.134. The summed E-state index contributed by atoms with van der Waals surface area (Å²) in [7, 11) is 0. The van der Waals surface area contributed by atoms with Gasteiger partial charge < -0.3 is 5.11 Å². The van der Waals surface area contributed by atoms with Gasteiger partial charge in [-0.05, 0) is 11.1 Å². The van der Waals surface area contributed by atoms with E-state index in [0.717, 1.165) is 6.92 Å². The molecule has 2 aromatic carbocycles. The number of carbonyl (C=O) groups is 1. The molecule has 2 nitrogen and oxygen atoms in total. The summed E-state index contributed by atoms with van der Waals surface area (Å²) in [4.78, 5) is 9.00. The van der Waals surface area contributed by atoms with Gasteiger partial charge in [-0.15, -0.1) is 0 Å². The van der Waals surface area contributed by atoms with Crippen LogP contribution >= 0.6 is 0 Å². The fourth-order valence-electron chi connectivity index (χ4n) is 1.32. The molecule has 0 unspecified atom stereocenters. The highest BCUT2D eigenvalue weighted by molar-refractivity contribution is 5.69. The summed E-state index contributed by atoms with van der Waals surface area (Å²) in [6.07, 6.45) is 4.24. The molecule has 2 aromatic rings. The molecule has 0 aliphatic carbocycles. The molecule has 92 valence electrons. The topological polar surface area (TPSA) is 37.3 Å². The average Bonchev–Trinajstić information content (AvgIpc) is 2.38. The first-order chi connectivity index (χ1) is 8.68. The summed E-state index contributed by atoms with van der Waals surface area (Å²) in [6, 6.07) is 20.6. The first kappa shape index (κ1) is 13.7. The SMILES string of the molecule is C(=C\c1ccccc1)/c1ccccc1.CC(=O)O. The lowest BCUT2D eigenvalue weighted by atomic mass is 10.1. The monoisotopic (exact) mass is 240 g/mol. The second kappa shape index (κ2) is 7.85. The van der Waals surface area contributed by atoms with E-state index in [0.29, 0.717) is 0 Å². The van der Waals surface area contributed by atoms with Gasteiger partial charge in [0.1, 0.15) is 0 Å². The molecule has 0 saturated heterocycles. The van der Waals surface area contributed by atoms with Gasteiger partial charge in [0.2, 0.25) is 0 Å². The summed E-state index contributed by atoms with van der Waals surface area (Å²) in [5.41, 5.74) is 2.47. The van der Waals surface area contributed by atoms with Crippen LogP contribution in [0.1, 0.15) is 18.1 Å². The minimum absolute atomic E-state index is 0.833. The number of carboxylic acids is 1. The van der Waals surface area contributed by atoms with E-state index in [1.54, 1.807) is 0 Å². The Morgan fingerprint density at radius 3 is 1.39 bits per heavy atom. The summed E-state index contributed by atoms with van der Waals surface area (Å²) in [6.45, 7) is 1.08. The Bertz CT molecular complexity index is 442. The largest absolute Gasteiger partial charge is 0.481 e. The molecule has 0 fully saturated rings. The zero-order valence-corrected chi connectivity index (χ0v) is 10.3. The maximum Gasteiger partial charge on any atom is 0.300 e. The minimum atomic E-state index is -0.833. The summed E-state index contributed by atoms with van der Waals surface area (Å²) >= 11 is 0. The van der Waals surface area contributed by atoms with Crippen molar-refractivity contribution >= 4 is 18.1 Å². The van der Waals surface area contributed by atoms with E-state index < -0.39 is 5.97 Å². The number of benzene rings is 2. The highest BCUT2D eigenvalue weighted by Crippen LogP contribution is 2.06. The Balaban J connectivity index is 0.000000357. The van der Waals surface area contributed by atoms with Crippen molar-refractivity contribution in [2.24, 2.45) is 0 Å². The van der Waals surface area contributed by atoms with E-state index in [4.69, 9.17) is 9.90 Å². The molecule has 0 heterocycles. The van der Waals surface area contributed by atoms with Crippen molar-refractivity contribution in [3.05, 3.63) is 71.8 Å². The fraction of sp³-hybridized carbons (Fsp3) is 0.0625. The summed E-state index contributed by atoms with van der Waals surface area (Å²) in [5.74, 6) is -0.833. The van der Waals surface area contributed by atoms with Gasteiger partial charge in [-0.3, -0.25) is 4.79 Å². The Morgan fingerprint density at radius 2 is 1.11 bits per heavy atom. The molecule has 1 N–H and O–H groups in total. The molecule has 0 atom stereocenters. The Hall–Kier alpha value is -2.35. The third-order valence-corrected chi connectivity index (χ3v) is 2.07. The predicted molar refractivity (Wildman–Crippen MR) is 75.1 cm³/mol. The van der Waals surface area contributed by atoms with E-state index >= 15 is 0 Å². The zero-order valence-electron chi connectivity index (χ0n) is 10.3. The number of carboxylic acid groups (broad SMARTS) is 1. The van der Waals surface area contributed by atoms with E-state index in [1.807, 2.05) is 36.4 Å². The van der Waals surface area contributed by atoms with Gasteiger partial charge in [-0.2, -0.15) is 0 Å². The number of hydrogen-bond acceptors (Lipinski definition) is 1. The minimum Gasteiger partial charge on any atom is -0.481 e. The van der Waals surface area contributed by atoms with Gasteiger partial charge in [0, 0.05) is 6.92 Å². The summed E-state index contributed by atoms with van der Waals surface area (Å²) in [5, 5.41) is 7.42. The third kappa shape index (κ3) is 6.28. The molecular formula is C16H16O2. The second-order valence-corrected chi connectivity index (χ2v) is 3.67. The predicted octanol–water partition coefficient (Wildman–Crippen LogP) is 3.95. The van der Waals surface area contributed by atoms with Gasteiger partial charge in [-0.25, -0.2) is 0 Å². The van der Waals surface area contributed by atoms with Crippen molar-refractivity contribution in [1.82, 2.24) is 0 Å². The third-order valence-electron chi connectivity index (χ3n) is 2.07. The Morgan fingerprint density at radius 1 is 0.833 bits per heavy atom. The van der Waals surface area contributed by atoms with Gasteiger partial charge in [0.25, 0.3) is 5.97 Å². The van der Waals surface area contributed by atoms with Crippen LogP contribution in [-0.4, -0.2) is 11.1 Å². The molecule has 0 bridgehead atoms. The van der Waals surface area contributed by atoms with Crippen LogP contribution in [-0.2, 0) is 4.79 Å². The van der Waals surface area contributed by atoms with Gasteiger partial charge in [-0.1, -0.05) is 72.8 Å². The zero-order chi connectivity index (χ0) is 13.2. The maximum atomic E-state index is 9.00. The molecule has 2 rings (SSSR count). The van der Waals surface area contributed by atoms with Gasteiger partial charge >= 0.3 is 0 Å². The molecule has 0 aliphatic heterocycles. The van der Waals surface area contributed by atoms with Crippen molar-refractivity contribution in [2.75, 3.05) is 0 Å². The second-order valence-electron chi connectivity index (χ2n) is 3.67. The van der Waals surface area contributed by atoms with Crippen LogP contribution in [0.3, 0.4) is 0 Å². The number of hydrogen-bond donors (Lipinski definition) is 1. The number of rotatable bonds is 2. The highest BCUT2D eigenvalue weighted by atomic mass is 16.4. The molecule has 2 heteroatoms. The highest BCUT2D eigenvalue weighted by Gasteiger charge is 1.84. The number of aliphatic carboxylic acids is 1. The van der Waals surface area contributed by atoms with Crippen molar-refractivity contribution in [3.63, 3.8) is 0 Å². The van der Waals surface area contributed by atoms with Crippen molar-refractivity contribution in [2.45, 2.75) is 6.92 Å². The van der Waals surface area contributed by atoms with E-state index in [-0.39, 0.29) is 0 Å². The van der Waals surface area contributed by atoms with Crippen LogP contribution in [0.25, 0.3) is 12.2 Å². The molecule has 0 saturated carbocycles. The lowest BCUT2D eigenvalue weighted by Gasteiger charge is -1.92.